The minimum Gasteiger partial charge on any atom is -0.347 e. The summed E-state index contributed by atoms with van der Waals surface area (Å²) in [5.74, 6) is -2.73. The zero-order chi connectivity index (χ0) is 14.0. The van der Waals surface area contributed by atoms with Gasteiger partial charge in [0.05, 0.1) is 20.9 Å². The van der Waals surface area contributed by atoms with E-state index in [-0.39, 0.29) is 10.6 Å². The summed E-state index contributed by atoms with van der Waals surface area (Å²) in [5.41, 5.74) is -0.0869. The summed E-state index contributed by atoms with van der Waals surface area (Å²) in [4.78, 5) is 12.7. The van der Waals surface area contributed by atoms with Gasteiger partial charge >= 0.3 is 0 Å². The van der Waals surface area contributed by atoms with Gasteiger partial charge in [-0.2, -0.15) is 0 Å². The molecule has 1 N–H and O–H groups in total. The molecule has 2 aromatic rings. The van der Waals surface area contributed by atoms with Crippen LogP contribution in [0.4, 0.5) is 8.78 Å². The second-order valence-electron chi connectivity index (χ2n) is 3.63. The number of amides is 1. The van der Waals surface area contributed by atoms with Crippen molar-refractivity contribution < 1.29 is 13.6 Å². The van der Waals surface area contributed by atoms with Crippen LogP contribution >= 0.6 is 38.9 Å². The number of nitrogens with one attached hydrogen (secondary N) is 1. The second kappa shape index (κ2) is 5.98. The molecule has 0 atom stereocenters. The molecule has 0 radical (unpaired) electrons. The van der Waals surface area contributed by atoms with Crippen molar-refractivity contribution >= 4 is 44.8 Å². The molecule has 2 rings (SSSR count). The lowest BCUT2D eigenvalue weighted by atomic mass is 10.2. The molecular weight excluding hydrogens is 360 g/mol. The molecule has 0 unspecified atom stereocenters. The van der Waals surface area contributed by atoms with Crippen molar-refractivity contribution in [3.63, 3.8) is 0 Å². The molecule has 1 aromatic carbocycles. The summed E-state index contributed by atoms with van der Waals surface area (Å²) in [5, 5.41) is 2.47. The lowest BCUT2D eigenvalue weighted by Gasteiger charge is -2.06. The Bertz CT molecular complexity index is 632. The first kappa shape index (κ1) is 14.4. The van der Waals surface area contributed by atoms with Crippen LogP contribution in [0.25, 0.3) is 0 Å². The summed E-state index contributed by atoms with van der Waals surface area (Å²) in [6.45, 7) is 0.296. The molecule has 2 nitrogen and oxygen atoms in total. The number of hydrogen-bond donors (Lipinski definition) is 1. The van der Waals surface area contributed by atoms with Gasteiger partial charge in [-0.15, -0.1) is 11.3 Å². The first-order chi connectivity index (χ1) is 8.97. The molecule has 0 saturated carbocycles. The Morgan fingerprint density at radius 2 is 2.00 bits per heavy atom. The number of hydrogen-bond acceptors (Lipinski definition) is 2. The molecule has 7 heteroatoms. The fraction of sp³-hybridized carbons (Fsp3) is 0.0833. The lowest BCUT2D eigenvalue weighted by Crippen LogP contribution is -2.23. The number of carbonyl (C=O) groups excluding carboxylic acids is 1. The summed E-state index contributed by atoms with van der Waals surface area (Å²) in [6, 6.07) is 5.28. The van der Waals surface area contributed by atoms with Crippen molar-refractivity contribution in [2.75, 3.05) is 0 Å². The van der Waals surface area contributed by atoms with E-state index in [0.29, 0.717) is 6.54 Å². The van der Waals surface area contributed by atoms with Gasteiger partial charge in [0.25, 0.3) is 5.91 Å². The average molecular weight is 367 g/mol. The highest BCUT2D eigenvalue weighted by molar-refractivity contribution is 9.11. The summed E-state index contributed by atoms with van der Waals surface area (Å²) in [7, 11) is 0. The molecule has 0 spiro atoms. The average Bonchev–Trinajstić information content (AvgIpc) is 2.77. The quantitative estimate of drug-likeness (QED) is 0.803. The first-order valence-corrected chi connectivity index (χ1v) is 7.13. The van der Waals surface area contributed by atoms with Crippen LogP contribution in [0.3, 0.4) is 0 Å². The van der Waals surface area contributed by atoms with Crippen LogP contribution in [0.5, 0.6) is 0 Å². The highest BCUT2D eigenvalue weighted by Gasteiger charge is 2.14. The van der Waals surface area contributed by atoms with E-state index in [2.05, 4.69) is 21.2 Å². The third kappa shape index (κ3) is 3.52. The fourth-order valence-electron chi connectivity index (χ4n) is 1.41. The minimum atomic E-state index is -1.10. The van der Waals surface area contributed by atoms with Crippen LogP contribution in [-0.4, -0.2) is 5.91 Å². The third-order valence-corrected chi connectivity index (χ3v) is 4.24. The van der Waals surface area contributed by atoms with Crippen molar-refractivity contribution in [2.24, 2.45) is 0 Å². The Balaban J connectivity index is 2.10. The van der Waals surface area contributed by atoms with E-state index in [4.69, 9.17) is 11.6 Å². The standard InChI is InChI=1S/C12H7BrClF2NOS/c13-11-2-1-6(19-11)5-17-12(18)7-3-9(15)10(16)4-8(7)14/h1-4H,5H2,(H,17,18). The predicted molar refractivity (Wildman–Crippen MR) is 74.6 cm³/mol. The lowest BCUT2D eigenvalue weighted by molar-refractivity contribution is 0.0951. The summed E-state index contributed by atoms with van der Waals surface area (Å²) in [6.07, 6.45) is 0. The Labute approximate surface area is 125 Å². The number of thiophene rings is 1. The van der Waals surface area contributed by atoms with Gasteiger partial charge in [-0.3, -0.25) is 4.79 Å². The number of benzene rings is 1. The van der Waals surface area contributed by atoms with E-state index in [1.807, 2.05) is 12.1 Å². The Morgan fingerprint density at radius 1 is 1.32 bits per heavy atom. The fourth-order valence-corrected chi connectivity index (χ4v) is 3.06. The van der Waals surface area contributed by atoms with Crippen LogP contribution in [0.1, 0.15) is 15.2 Å². The second-order valence-corrected chi connectivity index (χ2v) is 6.59. The smallest absolute Gasteiger partial charge is 0.253 e. The van der Waals surface area contributed by atoms with Gasteiger partial charge in [-0.25, -0.2) is 8.78 Å². The van der Waals surface area contributed by atoms with E-state index in [1.165, 1.54) is 11.3 Å². The van der Waals surface area contributed by atoms with Gasteiger partial charge in [-0.05, 0) is 40.2 Å². The monoisotopic (exact) mass is 365 g/mol. The molecule has 1 amide bonds. The molecule has 0 aliphatic rings. The largest absolute Gasteiger partial charge is 0.347 e. The highest BCUT2D eigenvalue weighted by Crippen LogP contribution is 2.23. The van der Waals surface area contributed by atoms with Crippen LogP contribution in [-0.2, 0) is 6.54 Å². The van der Waals surface area contributed by atoms with Gasteiger partial charge in [0, 0.05) is 4.88 Å². The van der Waals surface area contributed by atoms with Crippen LogP contribution in [0.2, 0.25) is 5.02 Å². The van der Waals surface area contributed by atoms with Gasteiger partial charge in [-0.1, -0.05) is 11.6 Å². The van der Waals surface area contributed by atoms with Gasteiger partial charge in [0.15, 0.2) is 11.6 Å². The minimum absolute atomic E-state index is 0.0869. The maximum absolute atomic E-state index is 13.1. The normalized spacial score (nSPS) is 10.5. The highest BCUT2D eigenvalue weighted by atomic mass is 79.9. The van der Waals surface area contributed by atoms with Crippen molar-refractivity contribution in [2.45, 2.75) is 6.54 Å². The third-order valence-electron chi connectivity index (χ3n) is 2.31. The number of rotatable bonds is 3. The van der Waals surface area contributed by atoms with Gasteiger partial charge in [0.1, 0.15) is 0 Å². The zero-order valence-corrected chi connectivity index (χ0v) is 12.5. The molecule has 0 bridgehead atoms. The maximum atomic E-state index is 13.1. The molecular formula is C12H7BrClF2NOS. The van der Waals surface area contributed by atoms with Crippen LogP contribution in [0, 0.1) is 11.6 Å². The maximum Gasteiger partial charge on any atom is 0.253 e. The van der Waals surface area contributed by atoms with Crippen molar-refractivity contribution in [3.05, 3.63) is 55.1 Å². The SMILES string of the molecule is O=C(NCc1ccc(Br)s1)c1cc(F)c(F)cc1Cl. The van der Waals surface area contributed by atoms with E-state index in [0.717, 1.165) is 20.8 Å². The van der Waals surface area contributed by atoms with Crippen LogP contribution < -0.4 is 5.32 Å². The van der Waals surface area contributed by atoms with Crippen LogP contribution in [0.15, 0.2) is 28.1 Å². The van der Waals surface area contributed by atoms with Gasteiger partial charge < -0.3 is 5.32 Å². The molecule has 0 aliphatic heterocycles. The molecule has 1 heterocycles. The van der Waals surface area contributed by atoms with E-state index in [9.17, 15) is 13.6 Å². The molecule has 19 heavy (non-hydrogen) atoms. The number of carbonyl (C=O) groups is 1. The zero-order valence-electron chi connectivity index (χ0n) is 9.34. The molecule has 0 saturated heterocycles. The summed E-state index contributed by atoms with van der Waals surface area (Å²) < 4.78 is 26.9. The van der Waals surface area contributed by atoms with Crippen molar-refractivity contribution in [1.82, 2.24) is 5.32 Å². The van der Waals surface area contributed by atoms with Crippen molar-refractivity contribution in [1.29, 1.82) is 0 Å². The Kier molecular flexibility index (Phi) is 4.54. The molecule has 1 aromatic heterocycles. The topological polar surface area (TPSA) is 29.1 Å². The molecule has 0 aliphatic carbocycles. The molecule has 100 valence electrons. The Hall–Kier alpha value is -0.980. The Morgan fingerprint density at radius 3 is 2.63 bits per heavy atom. The van der Waals surface area contributed by atoms with Crippen molar-refractivity contribution in [3.8, 4) is 0 Å². The summed E-state index contributed by atoms with van der Waals surface area (Å²) >= 11 is 10.5. The van der Waals surface area contributed by atoms with E-state index < -0.39 is 17.5 Å². The van der Waals surface area contributed by atoms with Gasteiger partial charge in [0.2, 0.25) is 0 Å². The predicted octanol–water partition coefficient (Wildman–Crippen LogP) is 4.37. The van der Waals surface area contributed by atoms with E-state index in [1.54, 1.807) is 0 Å². The molecule has 0 fully saturated rings. The number of halogens is 4. The van der Waals surface area contributed by atoms with E-state index >= 15 is 0 Å². The first-order valence-electron chi connectivity index (χ1n) is 5.14.